The number of hydrogen-bond acceptors (Lipinski definition) is 4. The number of ether oxygens (including phenoxy) is 2. The maximum atomic E-state index is 11.2. The Morgan fingerprint density at radius 1 is 1.30 bits per heavy atom. The van der Waals surface area contributed by atoms with Crippen LogP contribution in [0, 0.1) is 0 Å². The molecule has 2 heterocycles. The molecule has 2 atom stereocenters. The summed E-state index contributed by atoms with van der Waals surface area (Å²) in [5.41, 5.74) is 1.89. The zero-order chi connectivity index (χ0) is 18.4. The van der Waals surface area contributed by atoms with Gasteiger partial charge in [-0.15, -0.1) is 24.0 Å². The Labute approximate surface area is 177 Å². The molecule has 0 aromatic heterocycles. The van der Waals surface area contributed by atoms with Crippen molar-refractivity contribution >= 4 is 41.5 Å². The largest absolute Gasteiger partial charge is 0.375 e. The second-order valence-corrected chi connectivity index (χ2v) is 6.69. The fraction of sp³-hybridized carbons (Fsp3) is 0.579. The van der Waals surface area contributed by atoms with Crippen molar-refractivity contribution in [3.05, 3.63) is 29.8 Å². The smallest absolute Gasteiger partial charge is 0.221 e. The lowest BCUT2D eigenvalue weighted by molar-refractivity contribution is -0.114. The van der Waals surface area contributed by atoms with Gasteiger partial charge in [-0.1, -0.05) is 12.1 Å². The quantitative estimate of drug-likeness (QED) is 0.387. The molecule has 0 spiro atoms. The summed E-state index contributed by atoms with van der Waals surface area (Å²) >= 11 is 0. The number of guanidine groups is 1. The molecule has 0 radical (unpaired) electrons. The van der Waals surface area contributed by atoms with Crippen LogP contribution in [-0.4, -0.2) is 62.3 Å². The molecule has 150 valence electrons. The molecule has 0 bridgehead atoms. The molecule has 7 nitrogen and oxygen atoms in total. The minimum Gasteiger partial charge on any atom is -0.375 e. The fourth-order valence-electron chi connectivity index (χ4n) is 3.46. The molecular weight excluding hydrogens is 459 g/mol. The molecule has 2 aliphatic heterocycles. The zero-order valence-corrected chi connectivity index (χ0v) is 18.3. The maximum absolute atomic E-state index is 11.2. The number of halogens is 1. The number of benzene rings is 1. The van der Waals surface area contributed by atoms with E-state index in [1.54, 1.807) is 7.05 Å². The number of aliphatic imine (C=N–C) groups is 1. The van der Waals surface area contributed by atoms with Gasteiger partial charge in [-0.2, -0.15) is 0 Å². The monoisotopic (exact) mass is 488 g/mol. The van der Waals surface area contributed by atoms with Gasteiger partial charge in [-0.05, 0) is 30.5 Å². The minimum absolute atomic E-state index is 0. The molecule has 1 aromatic carbocycles. The van der Waals surface area contributed by atoms with Crippen LogP contribution in [0.2, 0.25) is 0 Å². The fourth-order valence-corrected chi connectivity index (χ4v) is 3.46. The van der Waals surface area contributed by atoms with E-state index in [1.807, 2.05) is 24.3 Å². The van der Waals surface area contributed by atoms with Crippen molar-refractivity contribution in [1.29, 1.82) is 0 Å². The van der Waals surface area contributed by atoms with Crippen LogP contribution in [0.15, 0.2) is 29.3 Å². The van der Waals surface area contributed by atoms with Crippen LogP contribution in [0.1, 0.15) is 25.3 Å². The number of morpholine rings is 1. The number of amides is 1. The average molecular weight is 488 g/mol. The van der Waals surface area contributed by atoms with Crippen molar-refractivity contribution in [2.24, 2.45) is 4.99 Å². The molecule has 2 N–H and O–H groups in total. The first-order chi connectivity index (χ1) is 12.7. The van der Waals surface area contributed by atoms with Gasteiger partial charge < -0.3 is 25.0 Å². The van der Waals surface area contributed by atoms with Gasteiger partial charge in [0.15, 0.2) is 5.96 Å². The Hall–Kier alpha value is -1.39. The minimum atomic E-state index is -0.0700. The lowest BCUT2D eigenvalue weighted by Crippen LogP contribution is -2.53. The Kier molecular flexibility index (Phi) is 8.78. The number of carbonyl (C=O) groups excluding carboxylic acids is 1. The van der Waals surface area contributed by atoms with Crippen molar-refractivity contribution in [2.75, 3.05) is 38.7 Å². The molecule has 1 amide bonds. The van der Waals surface area contributed by atoms with Crippen LogP contribution in [-0.2, 0) is 20.8 Å². The predicted octanol–water partition coefficient (Wildman–Crippen LogP) is 2.22. The lowest BCUT2D eigenvalue weighted by Gasteiger charge is -2.37. The summed E-state index contributed by atoms with van der Waals surface area (Å²) in [5, 5.41) is 6.22. The molecule has 8 heteroatoms. The molecular formula is C19H29IN4O3. The van der Waals surface area contributed by atoms with Gasteiger partial charge in [-0.3, -0.25) is 9.79 Å². The van der Waals surface area contributed by atoms with Gasteiger partial charge in [0.05, 0.1) is 12.7 Å². The third kappa shape index (κ3) is 6.32. The highest BCUT2D eigenvalue weighted by Gasteiger charge is 2.32. The molecule has 0 aliphatic carbocycles. The van der Waals surface area contributed by atoms with Crippen molar-refractivity contribution in [2.45, 2.75) is 38.5 Å². The summed E-state index contributed by atoms with van der Waals surface area (Å²) in [6.45, 7) is 5.27. The summed E-state index contributed by atoms with van der Waals surface area (Å²) < 4.78 is 11.7. The Bertz CT molecular complexity index is 650. The van der Waals surface area contributed by atoms with Crippen LogP contribution < -0.4 is 10.6 Å². The topological polar surface area (TPSA) is 75.2 Å². The Morgan fingerprint density at radius 3 is 2.81 bits per heavy atom. The van der Waals surface area contributed by atoms with E-state index in [9.17, 15) is 4.79 Å². The van der Waals surface area contributed by atoms with Gasteiger partial charge in [0.1, 0.15) is 6.10 Å². The van der Waals surface area contributed by atoms with E-state index in [0.29, 0.717) is 13.2 Å². The van der Waals surface area contributed by atoms with Gasteiger partial charge in [0.25, 0.3) is 0 Å². The number of nitrogens with one attached hydrogen (secondary N) is 2. The van der Waals surface area contributed by atoms with E-state index in [4.69, 9.17) is 9.47 Å². The molecule has 2 fully saturated rings. The standard InChI is InChI=1S/C19H28N4O3.HI/c1-14(24)22-16-6-3-5-15(11-16)12-21-19(20-2)23-8-10-26-18(13-23)17-7-4-9-25-17;/h3,5-6,11,17-18H,4,7-10,12-13H2,1-2H3,(H,20,21)(H,22,24);1H. The maximum Gasteiger partial charge on any atom is 0.221 e. The summed E-state index contributed by atoms with van der Waals surface area (Å²) in [6, 6.07) is 7.82. The summed E-state index contributed by atoms with van der Waals surface area (Å²) in [7, 11) is 1.80. The van der Waals surface area contributed by atoms with Crippen LogP contribution in [0.4, 0.5) is 5.69 Å². The lowest BCUT2D eigenvalue weighted by atomic mass is 10.1. The molecule has 0 saturated carbocycles. The molecule has 2 saturated heterocycles. The predicted molar refractivity (Wildman–Crippen MR) is 117 cm³/mol. The number of rotatable bonds is 4. The first-order valence-corrected chi connectivity index (χ1v) is 9.21. The highest BCUT2D eigenvalue weighted by Crippen LogP contribution is 2.21. The molecule has 1 aromatic rings. The second kappa shape index (κ2) is 10.8. The van der Waals surface area contributed by atoms with E-state index in [-0.39, 0.29) is 42.1 Å². The van der Waals surface area contributed by atoms with E-state index < -0.39 is 0 Å². The number of anilines is 1. The van der Waals surface area contributed by atoms with Crippen LogP contribution >= 0.6 is 24.0 Å². The van der Waals surface area contributed by atoms with E-state index in [0.717, 1.165) is 49.7 Å². The molecule has 2 aliphatic rings. The molecule has 3 rings (SSSR count). The first kappa shape index (κ1) is 21.9. The number of hydrogen-bond donors (Lipinski definition) is 2. The van der Waals surface area contributed by atoms with Gasteiger partial charge in [0, 0.05) is 45.9 Å². The number of nitrogens with zero attached hydrogens (tertiary/aromatic N) is 2. The average Bonchev–Trinajstić information content (AvgIpc) is 3.17. The van der Waals surface area contributed by atoms with E-state index >= 15 is 0 Å². The summed E-state index contributed by atoms with van der Waals surface area (Å²) in [4.78, 5) is 17.9. The van der Waals surface area contributed by atoms with Gasteiger partial charge in [0.2, 0.25) is 5.91 Å². The van der Waals surface area contributed by atoms with Crippen LogP contribution in [0.3, 0.4) is 0 Å². The highest BCUT2D eigenvalue weighted by atomic mass is 127. The molecule has 2 unspecified atom stereocenters. The van der Waals surface area contributed by atoms with Crippen molar-refractivity contribution in [3.8, 4) is 0 Å². The van der Waals surface area contributed by atoms with Crippen LogP contribution in [0.5, 0.6) is 0 Å². The van der Waals surface area contributed by atoms with E-state index in [2.05, 4.69) is 20.5 Å². The number of carbonyl (C=O) groups is 1. The Morgan fingerprint density at radius 2 is 2.11 bits per heavy atom. The first-order valence-electron chi connectivity index (χ1n) is 9.21. The SMILES string of the molecule is CN=C(NCc1cccc(NC(C)=O)c1)N1CCOC(C2CCCO2)C1.I. The summed E-state index contributed by atoms with van der Waals surface area (Å²) in [5.74, 6) is 0.792. The van der Waals surface area contributed by atoms with Gasteiger partial charge in [-0.25, -0.2) is 0 Å². The van der Waals surface area contributed by atoms with Crippen molar-refractivity contribution < 1.29 is 14.3 Å². The highest BCUT2D eigenvalue weighted by molar-refractivity contribution is 14.0. The van der Waals surface area contributed by atoms with Crippen LogP contribution in [0.25, 0.3) is 0 Å². The summed E-state index contributed by atoms with van der Waals surface area (Å²) in [6.07, 6.45) is 2.49. The zero-order valence-electron chi connectivity index (χ0n) is 15.9. The third-order valence-corrected chi connectivity index (χ3v) is 4.68. The molecule has 27 heavy (non-hydrogen) atoms. The normalized spacial score (nSPS) is 22.9. The third-order valence-electron chi connectivity index (χ3n) is 4.68. The second-order valence-electron chi connectivity index (χ2n) is 6.69. The van der Waals surface area contributed by atoms with Gasteiger partial charge >= 0.3 is 0 Å². The van der Waals surface area contributed by atoms with Crippen molar-refractivity contribution in [1.82, 2.24) is 10.2 Å². The Balaban J connectivity index is 0.00000261. The van der Waals surface area contributed by atoms with E-state index in [1.165, 1.54) is 6.92 Å². The van der Waals surface area contributed by atoms with Crippen molar-refractivity contribution in [3.63, 3.8) is 0 Å².